The van der Waals surface area contributed by atoms with Gasteiger partial charge in [-0.1, -0.05) is 15.9 Å². The highest BCUT2D eigenvalue weighted by atomic mass is 127. The maximum absolute atomic E-state index is 12.1. The Kier molecular flexibility index (Phi) is 4.84. The number of carboxylic acids is 1. The minimum absolute atomic E-state index is 0.00230. The van der Waals surface area contributed by atoms with Gasteiger partial charge in [-0.05, 0) is 59.0 Å². The Balaban J connectivity index is 2.31. The first-order valence-electron chi connectivity index (χ1n) is 5.71. The lowest BCUT2D eigenvalue weighted by atomic mass is 10.1. The summed E-state index contributed by atoms with van der Waals surface area (Å²) in [5.74, 6) is -1.64. The molecule has 0 aliphatic heterocycles. The molecule has 2 aromatic carbocycles. The average molecular weight is 462 g/mol. The van der Waals surface area contributed by atoms with Gasteiger partial charge in [0.15, 0.2) is 0 Å². The summed E-state index contributed by atoms with van der Waals surface area (Å²) in [6, 6.07) is 9.02. The maximum Gasteiger partial charge on any atom is 0.337 e. The van der Waals surface area contributed by atoms with E-state index in [0.29, 0.717) is 8.04 Å². The van der Waals surface area contributed by atoms with E-state index in [-0.39, 0.29) is 22.6 Å². The quantitative estimate of drug-likeness (QED) is 0.608. The summed E-state index contributed by atoms with van der Waals surface area (Å²) in [5, 5.41) is 21.3. The fraction of sp³-hybridized carbons (Fsp3) is 0. The molecule has 5 nitrogen and oxygen atoms in total. The van der Waals surface area contributed by atoms with Crippen LogP contribution in [0.5, 0.6) is 5.75 Å². The zero-order chi connectivity index (χ0) is 15.6. The third-order valence-corrected chi connectivity index (χ3v) is 4.07. The molecule has 0 spiro atoms. The van der Waals surface area contributed by atoms with Crippen LogP contribution in [0.2, 0.25) is 0 Å². The molecule has 2 rings (SSSR count). The van der Waals surface area contributed by atoms with Gasteiger partial charge in [0.2, 0.25) is 0 Å². The number of halogens is 2. The van der Waals surface area contributed by atoms with Crippen LogP contribution >= 0.6 is 38.5 Å². The highest BCUT2D eigenvalue weighted by Gasteiger charge is 2.15. The third kappa shape index (κ3) is 3.73. The molecule has 2 aromatic rings. The number of carbonyl (C=O) groups is 2. The molecule has 3 N–H and O–H groups in total. The number of hydrogen-bond donors (Lipinski definition) is 3. The number of nitrogens with one attached hydrogen (secondary N) is 1. The molecule has 21 heavy (non-hydrogen) atoms. The summed E-state index contributed by atoms with van der Waals surface area (Å²) < 4.78 is 1.23. The van der Waals surface area contributed by atoms with Gasteiger partial charge >= 0.3 is 5.97 Å². The van der Waals surface area contributed by atoms with Gasteiger partial charge in [-0.25, -0.2) is 4.79 Å². The maximum atomic E-state index is 12.1. The van der Waals surface area contributed by atoms with Crippen LogP contribution in [0.1, 0.15) is 20.7 Å². The van der Waals surface area contributed by atoms with Gasteiger partial charge in [0.05, 0.1) is 14.8 Å². The molecule has 0 heterocycles. The summed E-state index contributed by atoms with van der Waals surface area (Å²) in [5.41, 5.74) is 0.411. The van der Waals surface area contributed by atoms with Crippen molar-refractivity contribution in [2.75, 3.05) is 5.32 Å². The van der Waals surface area contributed by atoms with Gasteiger partial charge in [0, 0.05) is 10.0 Å². The van der Waals surface area contributed by atoms with E-state index in [1.807, 2.05) is 22.6 Å². The molecule has 0 aliphatic rings. The molecule has 108 valence electrons. The molecular weight excluding hydrogens is 453 g/mol. The molecular formula is C14H9BrINO4. The second-order valence-corrected chi connectivity index (χ2v) is 6.19. The first-order chi connectivity index (χ1) is 9.88. The van der Waals surface area contributed by atoms with Gasteiger partial charge in [0.25, 0.3) is 5.91 Å². The number of carbonyl (C=O) groups excluding carboxylic acids is 1. The third-order valence-electron chi connectivity index (χ3n) is 2.67. The lowest BCUT2D eigenvalue weighted by molar-refractivity contribution is 0.0698. The zero-order valence-corrected chi connectivity index (χ0v) is 14.2. The smallest absolute Gasteiger partial charge is 0.337 e. The predicted octanol–water partition coefficient (Wildman–Crippen LogP) is 3.71. The van der Waals surface area contributed by atoms with Crippen LogP contribution in [0, 0.1) is 3.57 Å². The summed E-state index contributed by atoms with van der Waals surface area (Å²) >= 11 is 5.12. The second kappa shape index (κ2) is 6.44. The molecule has 0 saturated carbocycles. The van der Waals surface area contributed by atoms with Crippen molar-refractivity contribution >= 4 is 56.1 Å². The molecule has 0 atom stereocenters. The Labute approximate surface area is 142 Å². The van der Waals surface area contributed by atoms with Crippen molar-refractivity contribution in [3.8, 4) is 5.75 Å². The Bertz CT molecular complexity index is 733. The largest absolute Gasteiger partial charge is 0.507 e. The first kappa shape index (κ1) is 15.8. The lowest BCUT2D eigenvalue weighted by Gasteiger charge is -2.09. The predicted molar refractivity (Wildman–Crippen MR) is 89.9 cm³/mol. The fourth-order valence-corrected chi connectivity index (χ4v) is 2.35. The highest BCUT2D eigenvalue weighted by Crippen LogP contribution is 2.24. The molecule has 0 fully saturated rings. The molecule has 0 bridgehead atoms. The second-order valence-electron chi connectivity index (χ2n) is 4.12. The van der Waals surface area contributed by atoms with Crippen molar-refractivity contribution in [1.29, 1.82) is 0 Å². The monoisotopic (exact) mass is 461 g/mol. The number of anilines is 1. The Morgan fingerprint density at radius 3 is 2.48 bits per heavy atom. The van der Waals surface area contributed by atoms with Crippen molar-refractivity contribution in [2.24, 2.45) is 0 Å². The van der Waals surface area contributed by atoms with Crippen LogP contribution in [0.15, 0.2) is 40.9 Å². The number of benzene rings is 2. The molecule has 0 aliphatic carbocycles. The van der Waals surface area contributed by atoms with Crippen LogP contribution in [-0.2, 0) is 0 Å². The topological polar surface area (TPSA) is 86.6 Å². The molecule has 1 amide bonds. The van der Waals surface area contributed by atoms with Gasteiger partial charge < -0.3 is 15.5 Å². The van der Waals surface area contributed by atoms with Gasteiger partial charge in [-0.3, -0.25) is 4.79 Å². The number of aromatic carboxylic acids is 1. The van der Waals surface area contributed by atoms with E-state index in [1.165, 1.54) is 18.2 Å². The Morgan fingerprint density at radius 2 is 1.86 bits per heavy atom. The number of hydrogen-bond acceptors (Lipinski definition) is 3. The molecule has 7 heteroatoms. The Hall–Kier alpha value is -1.61. The van der Waals surface area contributed by atoms with Gasteiger partial charge in [-0.15, -0.1) is 0 Å². The number of amides is 1. The molecule has 0 unspecified atom stereocenters. The number of aromatic hydroxyl groups is 1. The van der Waals surface area contributed by atoms with Crippen molar-refractivity contribution in [1.82, 2.24) is 0 Å². The van der Waals surface area contributed by atoms with E-state index in [2.05, 4.69) is 21.2 Å². The molecule has 0 aromatic heterocycles. The minimum Gasteiger partial charge on any atom is -0.507 e. The van der Waals surface area contributed by atoms with E-state index in [9.17, 15) is 14.7 Å². The van der Waals surface area contributed by atoms with E-state index >= 15 is 0 Å². The standard InChI is InChI=1S/C14H9BrINO4/c15-8-2-4-11(9(6-8)14(20)21)17-13(19)7-1-3-10(16)12(18)5-7/h1-6,18H,(H,17,19)(H,20,21). The van der Waals surface area contributed by atoms with Gasteiger partial charge in [-0.2, -0.15) is 0 Å². The summed E-state index contributed by atoms with van der Waals surface area (Å²) in [4.78, 5) is 23.3. The number of carboxylic acid groups (broad SMARTS) is 1. The van der Waals surface area contributed by atoms with Crippen molar-refractivity contribution in [2.45, 2.75) is 0 Å². The number of rotatable bonds is 3. The summed E-state index contributed by atoms with van der Waals surface area (Å²) in [7, 11) is 0. The minimum atomic E-state index is -1.14. The van der Waals surface area contributed by atoms with Crippen LogP contribution < -0.4 is 5.32 Å². The molecule has 0 radical (unpaired) electrons. The van der Waals surface area contributed by atoms with Gasteiger partial charge in [0.1, 0.15) is 5.75 Å². The first-order valence-corrected chi connectivity index (χ1v) is 7.58. The zero-order valence-electron chi connectivity index (χ0n) is 10.4. The highest BCUT2D eigenvalue weighted by molar-refractivity contribution is 14.1. The van der Waals surface area contributed by atoms with Crippen molar-refractivity contribution < 1.29 is 19.8 Å². The SMILES string of the molecule is O=C(Nc1ccc(Br)cc1C(=O)O)c1ccc(I)c(O)c1. The number of phenolic OH excluding ortho intramolecular Hbond substituents is 1. The normalized spacial score (nSPS) is 10.2. The fourth-order valence-electron chi connectivity index (χ4n) is 1.65. The van der Waals surface area contributed by atoms with Crippen molar-refractivity contribution in [3.05, 3.63) is 55.6 Å². The summed E-state index contributed by atoms with van der Waals surface area (Å²) in [6.07, 6.45) is 0. The van der Waals surface area contributed by atoms with Crippen LogP contribution in [0.25, 0.3) is 0 Å². The Morgan fingerprint density at radius 1 is 1.14 bits per heavy atom. The molecule has 0 saturated heterocycles. The van der Waals surface area contributed by atoms with E-state index < -0.39 is 11.9 Å². The van der Waals surface area contributed by atoms with Crippen LogP contribution in [-0.4, -0.2) is 22.1 Å². The average Bonchev–Trinajstić information content (AvgIpc) is 2.43. The summed E-state index contributed by atoms with van der Waals surface area (Å²) in [6.45, 7) is 0. The van der Waals surface area contributed by atoms with E-state index in [4.69, 9.17) is 5.11 Å². The lowest BCUT2D eigenvalue weighted by Crippen LogP contribution is -2.14. The van der Waals surface area contributed by atoms with E-state index in [1.54, 1.807) is 18.2 Å². The van der Waals surface area contributed by atoms with Crippen molar-refractivity contribution in [3.63, 3.8) is 0 Å². The van der Waals surface area contributed by atoms with Crippen LogP contribution in [0.3, 0.4) is 0 Å². The van der Waals surface area contributed by atoms with Crippen LogP contribution in [0.4, 0.5) is 5.69 Å². The van der Waals surface area contributed by atoms with E-state index in [0.717, 1.165) is 0 Å². The number of phenols is 1.